The van der Waals surface area contributed by atoms with Crippen LogP contribution in [0.1, 0.15) is 17.2 Å². The maximum Gasteiger partial charge on any atom is 0.301 e. The molecule has 1 aliphatic heterocycles. The molecule has 1 atom stereocenters. The third-order valence-electron chi connectivity index (χ3n) is 6.36. The first kappa shape index (κ1) is 26.0. The van der Waals surface area contributed by atoms with Gasteiger partial charge in [-0.25, -0.2) is 9.37 Å². The molecule has 2 heterocycles. The van der Waals surface area contributed by atoms with E-state index in [0.717, 1.165) is 11.3 Å². The number of aromatic nitrogens is 1. The Hall–Kier alpha value is -4.64. The van der Waals surface area contributed by atoms with Gasteiger partial charge in [-0.1, -0.05) is 11.3 Å². The van der Waals surface area contributed by atoms with E-state index in [1.807, 2.05) is 0 Å². The Balaban J connectivity index is 1.77. The van der Waals surface area contributed by atoms with Crippen LogP contribution in [0.25, 0.3) is 16.0 Å². The van der Waals surface area contributed by atoms with E-state index in [2.05, 4.69) is 4.98 Å². The van der Waals surface area contributed by atoms with E-state index in [1.165, 1.54) is 51.5 Å². The van der Waals surface area contributed by atoms with Crippen molar-refractivity contribution in [3.63, 3.8) is 0 Å². The maximum absolute atomic E-state index is 13.9. The molecule has 5 rings (SSSR count). The van der Waals surface area contributed by atoms with Gasteiger partial charge in [-0.3, -0.25) is 14.5 Å². The number of hydrogen-bond donors (Lipinski definition) is 1. The maximum atomic E-state index is 13.9. The molecule has 200 valence electrons. The van der Waals surface area contributed by atoms with Crippen molar-refractivity contribution < 1.29 is 38.0 Å². The van der Waals surface area contributed by atoms with Crippen LogP contribution < -0.4 is 23.8 Å². The molecule has 0 bridgehead atoms. The normalized spacial score (nSPS) is 16.5. The number of thiazole rings is 1. The molecule has 1 N–H and O–H groups in total. The van der Waals surface area contributed by atoms with Crippen LogP contribution in [-0.4, -0.2) is 50.2 Å². The van der Waals surface area contributed by atoms with Crippen molar-refractivity contribution in [1.29, 1.82) is 0 Å². The highest BCUT2D eigenvalue weighted by Crippen LogP contribution is 2.48. The van der Waals surface area contributed by atoms with Gasteiger partial charge in [-0.2, -0.15) is 0 Å². The number of ether oxygens (including phenoxy) is 4. The number of carbonyl (C=O) groups is 2. The second kappa shape index (κ2) is 10.3. The van der Waals surface area contributed by atoms with Crippen LogP contribution >= 0.6 is 11.3 Å². The minimum Gasteiger partial charge on any atom is -0.507 e. The summed E-state index contributed by atoms with van der Waals surface area (Å²) in [5.41, 5.74) is 0.990. The second-order valence-electron chi connectivity index (χ2n) is 8.46. The standard InChI is InChI=1S/C28H23FN2O7S/c1-35-17-8-5-14(6-9-17)24(32)22-23(15-11-19(36-2)26(38-4)20(12-15)37-3)31(27(34)25(22)33)28-30-18-10-7-16(29)13-21(18)39-28/h5-13,23,32H,1-4H3/b24-22+/t23-/m0/s1. The number of aliphatic hydroxyl groups is 1. The minimum atomic E-state index is -1.12. The smallest absolute Gasteiger partial charge is 0.301 e. The van der Waals surface area contributed by atoms with Crippen LogP contribution in [-0.2, 0) is 9.59 Å². The molecule has 1 aromatic heterocycles. The molecular weight excluding hydrogens is 527 g/mol. The van der Waals surface area contributed by atoms with Crippen molar-refractivity contribution in [2.24, 2.45) is 0 Å². The zero-order valence-corrected chi connectivity index (χ0v) is 22.2. The van der Waals surface area contributed by atoms with E-state index in [0.29, 0.717) is 32.8 Å². The van der Waals surface area contributed by atoms with Crippen LogP contribution in [0.2, 0.25) is 0 Å². The summed E-state index contributed by atoms with van der Waals surface area (Å²) in [5, 5.41) is 11.5. The lowest BCUT2D eigenvalue weighted by Gasteiger charge is -2.24. The lowest BCUT2D eigenvalue weighted by molar-refractivity contribution is -0.132. The number of aliphatic hydroxyl groups excluding tert-OH is 1. The highest BCUT2D eigenvalue weighted by Gasteiger charge is 2.48. The Bertz CT molecular complexity index is 1610. The van der Waals surface area contributed by atoms with Crippen molar-refractivity contribution >= 4 is 44.1 Å². The van der Waals surface area contributed by atoms with Crippen molar-refractivity contribution in [2.45, 2.75) is 6.04 Å². The summed E-state index contributed by atoms with van der Waals surface area (Å²) in [6.45, 7) is 0. The fourth-order valence-electron chi connectivity index (χ4n) is 4.50. The lowest BCUT2D eigenvalue weighted by atomic mass is 9.94. The number of rotatable bonds is 7. The summed E-state index contributed by atoms with van der Waals surface area (Å²) in [5.74, 6) is -1.22. The summed E-state index contributed by atoms with van der Waals surface area (Å²) in [6.07, 6.45) is 0. The molecule has 1 aliphatic rings. The van der Waals surface area contributed by atoms with Crippen LogP contribution in [0, 0.1) is 5.82 Å². The van der Waals surface area contributed by atoms with E-state index in [-0.39, 0.29) is 28.0 Å². The number of Topliss-reactive ketones (excluding diaryl/α,β-unsaturated/α-hetero) is 1. The Morgan fingerprint density at radius 1 is 0.923 bits per heavy atom. The third-order valence-corrected chi connectivity index (χ3v) is 7.37. The fraction of sp³-hybridized carbons (Fsp3) is 0.179. The van der Waals surface area contributed by atoms with Gasteiger partial charge in [0.15, 0.2) is 16.6 Å². The zero-order chi connectivity index (χ0) is 27.8. The SMILES string of the molecule is COc1ccc(/C(O)=C2\C(=O)C(=O)N(c3nc4ccc(F)cc4s3)[C@H]2c2cc(OC)c(OC)c(OC)c2)cc1. The quantitative estimate of drug-likeness (QED) is 0.193. The summed E-state index contributed by atoms with van der Waals surface area (Å²) in [7, 11) is 5.85. The summed E-state index contributed by atoms with van der Waals surface area (Å²) in [6, 6.07) is 12.5. The largest absolute Gasteiger partial charge is 0.507 e. The molecule has 3 aromatic carbocycles. The van der Waals surface area contributed by atoms with E-state index in [9.17, 15) is 19.1 Å². The van der Waals surface area contributed by atoms with Gasteiger partial charge in [0.25, 0.3) is 5.78 Å². The molecule has 1 amide bonds. The highest BCUT2D eigenvalue weighted by atomic mass is 32.1. The van der Waals surface area contributed by atoms with Gasteiger partial charge in [0.2, 0.25) is 5.75 Å². The average molecular weight is 551 g/mol. The molecule has 0 spiro atoms. The number of ketones is 1. The van der Waals surface area contributed by atoms with Crippen LogP contribution in [0.5, 0.6) is 23.0 Å². The highest BCUT2D eigenvalue weighted by molar-refractivity contribution is 7.22. The van der Waals surface area contributed by atoms with Gasteiger partial charge in [0, 0.05) is 5.56 Å². The van der Waals surface area contributed by atoms with Crippen molar-refractivity contribution in [2.75, 3.05) is 33.3 Å². The third kappa shape index (κ3) is 4.40. The van der Waals surface area contributed by atoms with Crippen molar-refractivity contribution in [3.05, 3.63) is 77.1 Å². The molecule has 0 saturated carbocycles. The molecule has 0 aliphatic carbocycles. The first-order valence-electron chi connectivity index (χ1n) is 11.6. The van der Waals surface area contributed by atoms with Gasteiger partial charge < -0.3 is 24.1 Å². The average Bonchev–Trinajstić information content (AvgIpc) is 3.49. The topological polar surface area (TPSA) is 107 Å². The first-order valence-corrected chi connectivity index (χ1v) is 12.4. The van der Waals surface area contributed by atoms with Crippen LogP contribution in [0.15, 0.2) is 60.2 Å². The van der Waals surface area contributed by atoms with Crippen molar-refractivity contribution in [3.8, 4) is 23.0 Å². The molecular formula is C28H23FN2O7S. The minimum absolute atomic E-state index is 0.158. The number of benzene rings is 3. The predicted molar refractivity (Wildman–Crippen MR) is 143 cm³/mol. The Morgan fingerprint density at radius 3 is 2.18 bits per heavy atom. The monoisotopic (exact) mass is 550 g/mol. The molecule has 11 heteroatoms. The molecule has 9 nitrogen and oxygen atoms in total. The molecule has 0 unspecified atom stereocenters. The fourth-order valence-corrected chi connectivity index (χ4v) is 5.52. The predicted octanol–water partition coefficient (Wildman–Crippen LogP) is 5.10. The zero-order valence-electron chi connectivity index (χ0n) is 21.4. The number of carbonyl (C=O) groups excluding carboxylic acids is 2. The van der Waals surface area contributed by atoms with E-state index in [1.54, 1.807) is 36.4 Å². The van der Waals surface area contributed by atoms with E-state index < -0.39 is 23.5 Å². The van der Waals surface area contributed by atoms with Gasteiger partial charge >= 0.3 is 5.91 Å². The Kier molecular flexibility index (Phi) is 6.83. The number of amides is 1. The van der Waals surface area contributed by atoms with E-state index >= 15 is 0 Å². The molecule has 1 fully saturated rings. The molecule has 0 radical (unpaired) electrons. The molecule has 4 aromatic rings. The summed E-state index contributed by atoms with van der Waals surface area (Å²) in [4.78, 5) is 32.7. The molecule has 1 saturated heterocycles. The lowest BCUT2D eigenvalue weighted by Crippen LogP contribution is -2.29. The Morgan fingerprint density at radius 2 is 1.59 bits per heavy atom. The number of fused-ring (bicyclic) bond motifs is 1. The number of nitrogens with zero attached hydrogens (tertiary/aromatic N) is 2. The van der Waals surface area contributed by atoms with Crippen LogP contribution in [0.4, 0.5) is 9.52 Å². The van der Waals surface area contributed by atoms with Crippen LogP contribution in [0.3, 0.4) is 0 Å². The first-order chi connectivity index (χ1) is 18.8. The number of halogens is 1. The Labute approximate surface area is 226 Å². The van der Waals surface area contributed by atoms with Crippen molar-refractivity contribution in [1.82, 2.24) is 4.98 Å². The summed E-state index contributed by atoms with van der Waals surface area (Å²) >= 11 is 1.05. The second-order valence-corrected chi connectivity index (χ2v) is 9.47. The number of anilines is 1. The molecule has 39 heavy (non-hydrogen) atoms. The number of methoxy groups -OCH3 is 4. The number of hydrogen-bond acceptors (Lipinski definition) is 9. The van der Waals surface area contributed by atoms with Gasteiger partial charge in [-0.05, 0) is 60.2 Å². The van der Waals surface area contributed by atoms with Gasteiger partial charge in [0.05, 0.1) is 50.3 Å². The summed E-state index contributed by atoms with van der Waals surface area (Å²) < 4.78 is 36.0. The van der Waals surface area contributed by atoms with Gasteiger partial charge in [0.1, 0.15) is 17.3 Å². The van der Waals surface area contributed by atoms with Gasteiger partial charge in [-0.15, -0.1) is 0 Å². The van der Waals surface area contributed by atoms with E-state index in [4.69, 9.17) is 18.9 Å².